The van der Waals surface area contributed by atoms with Crippen LogP contribution in [0.1, 0.15) is 26.3 Å². The van der Waals surface area contributed by atoms with Crippen LogP contribution in [-0.2, 0) is 19.1 Å². The first-order valence-corrected chi connectivity index (χ1v) is 7.58. The van der Waals surface area contributed by atoms with E-state index in [0.29, 0.717) is 11.3 Å². The highest BCUT2D eigenvalue weighted by molar-refractivity contribution is 5.95. The van der Waals surface area contributed by atoms with Gasteiger partial charge in [0.1, 0.15) is 0 Å². The molecule has 0 bridgehead atoms. The van der Waals surface area contributed by atoms with Gasteiger partial charge in [-0.1, -0.05) is 30.3 Å². The van der Waals surface area contributed by atoms with Crippen LogP contribution in [0.4, 0.5) is 0 Å². The van der Waals surface area contributed by atoms with Crippen molar-refractivity contribution < 1.29 is 19.1 Å². The molecular weight excluding hydrogens is 322 g/mol. The quantitative estimate of drug-likeness (QED) is 0.816. The van der Waals surface area contributed by atoms with E-state index in [9.17, 15) is 20.1 Å². The number of fused-ring (bicyclic) bond motifs is 1. The number of ether oxygens (including phenoxy) is 2. The van der Waals surface area contributed by atoms with Crippen molar-refractivity contribution in [1.29, 1.82) is 10.5 Å². The van der Waals surface area contributed by atoms with E-state index in [1.54, 1.807) is 24.3 Å². The molecule has 1 fully saturated rings. The standard InChI is InChI=1S/C18H15N3O4/c1-11(22)24-17(3)18(10-20)13(9-19)14(12-7-5-4-6-8-12)21-16(18,2)15(23)25-17/h4-8,21H,1-3H3. The number of nitrogens with one attached hydrogen (secondary N) is 1. The minimum Gasteiger partial charge on any atom is -0.421 e. The largest absolute Gasteiger partial charge is 0.421 e. The molecule has 0 aromatic heterocycles. The number of carbonyl (C=O) groups is 2. The Kier molecular flexibility index (Phi) is 3.36. The predicted molar refractivity (Wildman–Crippen MR) is 84.8 cm³/mol. The second-order valence-electron chi connectivity index (χ2n) is 6.27. The minimum atomic E-state index is -1.92. The summed E-state index contributed by atoms with van der Waals surface area (Å²) in [5.74, 6) is -3.41. The number of cyclic esters (lactones) is 1. The molecule has 1 N–H and O–H groups in total. The summed E-state index contributed by atoms with van der Waals surface area (Å²) < 4.78 is 10.5. The molecule has 126 valence electrons. The van der Waals surface area contributed by atoms with Crippen molar-refractivity contribution >= 4 is 17.6 Å². The molecule has 1 saturated heterocycles. The molecule has 25 heavy (non-hydrogen) atoms. The molecule has 7 heteroatoms. The van der Waals surface area contributed by atoms with Crippen molar-refractivity contribution in [3.63, 3.8) is 0 Å². The number of esters is 2. The smallest absolute Gasteiger partial charge is 0.337 e. The average Bonchev–Trinajstić information content (AvgIpc) is 2.93. The van der Waals surface area contributed by atoms with E-state index in [1.165, 1.54) is 13.8 Å². The summed E-state index contributed by atoms with van der Waals surface area (Å²) >= 11 is 0. The second kappa shape index (κ2) is 5.09. The van der Waals surface area contributed by atoms with Gasteiger partial charge in [0.15, 0.2) is 5.54 Å². The summed E-state index contributed by atoms with van der Waals surface area (Å²) in [4.78, 5) is 24.2. The molecule has 7 nitrogen and oxygen atoms in total. The maximum Gasteiger partial charge on any atom is 0.337 e. The summed E-state index contributed by atoms with van der Waals surface area (Å²) in [5, 5.41) is 22.8. The van der Waals surface area contributed by atoms with Crippen molar-refractivity contribution in [1.82, 2.24) is 5.32 Å². The third-order valence-corrected chi connectivity index (χ3v) is 4.81. The highest BCUT2D eigenvalue weighted by Gasteiger charge is 2.79. The fourth-order valence-corrected chi connectivity index (χ4v) is 3.69. The Morgan fingerprint density at radius 3 is 2.40 bits per heavy atom. The van der Waals surface area contributed by atoms with Crippen LogP contribution in [-0.4, -0.2) is 23.3 Å². The van der Waals surface area contributed by atoms with Gasteiger partial charge in [-0.3, -0.25) is 4.79 Å². The van der Waals surface area contributed by atoms with Crippen molar-refractivity contribution in [3.05, 3.63) is 41.5 Å². The summed E-state index contributed by atoms with van der Waals surface area (Å²) in [5.41, 5.74) is -2.40. The Bertz CT molecular complexity index is 895. The molecule has 2 aliphatic heterocycles. The van der Waals surface area contributed by atoms with Crippen LogP contribution in [0.5, 0.6) is 0 Å². The molecule has 0 aliphatic carbocycles. The SMILES string of the molecule is CC(=O)OC1(C)OC(=O)C2(C)NC(c3ccccc3)=C(C#N)C12C#N. The van der Waals surface area contributed by atoms with E-state index >= 15 is 0 Å². The number of hydrogen-bond acceptors (Lipinski definition) is 7. The van der Waals surface area contributed by atoms with Gasteiger partial charge in [-0.2, -0.15) is 10.5 Å². The topological polar surface area (TPSA) is 112 Å². The Morgan fingerprint density at radius 2 is 1.88 bits per heavy atom. The molecule has 3 unspecified atom stereocenters. The van der Waals surface area contributed by atoms with Crippen molar-refractivity contribution in [2.75, 3.05) is 0 Å². The number of nitriles is 2. The van der Waals surface area contributed by atoms with Gasteiger partial charge in [-0.05, 0) is 12.5 Å². The molecule has 2 heterocycles. The lowest BCUT2D eigenvalue weighted by Gasteiger charge is -2.36. The lowest BCUT2D eigenvalue weighted by Crippen LogP contribution is -2.58. The van der Waals surface area contributed by atoms with Crippen LogP contribution in [0.25, 0.3) is 5.70 Å². The number of rotatable bonds is 2. The first-order chi connectivity index (χ1) is 11.8. The van der Waals surface area contributed by atoms with Gasteiger partial charge in [0, 0.05) is 13.8 Å². The van der Waals surface area contributed by atoms with Gasteiger partial charge in [-0.15, -0.1) is 0 Å². The lowest BCUT2D eigenvalue weighted by atomic mass is 9.66. The molecule has 0 radical (unpaired) electrons. The highest BCUT2D eigenvalue weighted by Crippen LogP contribution is 2.60. The van der Waals surface area contributed by atoms with Crippen LogP contribution >= 0.6 is 0 Å². The maximum absolute atomic E-state index is 12.6. The maximum atomic E-state index is 12.6. The third kappa shape index (κ3) is 1.84. The second-order valence-corrected chi connectivity index (χ2v) is 6.27. The van der Waals surface area contributed by atoms with E-state index in [4.69, 9.17) is 9.47 Å². The Balaban J connectivity index is 2.33. The Labute approximate surface area is 144 Å². The molecule has 1 aromatic rings. The fourth-order valence-electron chi connectivity index (χ4n) is 3.69. The van der Waals surface area contributed by atoms with Gasteiger partial charge < -0.3 is 14.8 Å². The summed E-state index contributed by atoms with van der Waals surface area (Å²) in [6.45, 7) is 3.95. The van der Waals surface area contributed by atoms with E-state index in [2.05, 4.69) is 5.32 Å². The Morgan fingerprint density at radius 1 is 1.24 bits per heavy atom. The molecule has 1 aromatic carbocycles. The van der Waals surface area contributed by atoms with Gasteiger partial charge in [0.25, 0.3) is 5.79 Å². The molecular formula is C18H15N3O4. The summed E-state index contributed by atoms with van der Waals surface area (Å²) in [6, 6.07) is 12.9. The normalized spacial score (nSPS) is 32.9. The molecule has 0 saturated carbocycles. The van der Waals surface area contributed by atoms with Crippen LogP contribution in [0.15, 0.2) is 35.9 Å². The summed E-state index contributed by atoms with van der Waals surface area (Å²) in [6.07, 6.45) is 0. The first kappa shape index (κ1) is 16.5. The van der Waals surface area contributed by atoms with Gasteiger partial charge in [-0.25, -0.2) is 4.79 Å². The molecule has 0 spiro atoms. The highest BCUT2D eigenvalue weighted by atomic mass is 16.7. The zero-order valence-corrected chi connectivity index (χ0v) is 13.9. The van der Waals surface area contributed by atoms with E-state index in [-0.39, 0.29) is 5.57 Å². The minimum absolute atomic E-state index is 0.00157. The van der Waals surface area contributed by atoms with E-state index in [0.717, 1.165) is 6.92 Å². The fraction of sp³-hybridized carbons (Fsp3) is 0.333. The number of carbonyl (C=O) groups excluding carboxylic acids is 2. The monoisotopic (exact) mass is 337 g/mol. The van der Waals surface area contributed by atoms with E-state index < -0.39 is 28.7 Å². The van der Waals surface area contributed by atoms with Gasteiger partial charge >= 0.3 is 11.9 Å². The zero-order valence-electron chi connectivity index (χ0n) is 13.9. The van der Waals surface area contributed by atoms with Crippen LogP contribution in [0.3, 0.4) is 0 Å². The van der Waals surface area contributed by atoms with Gasteiger partial charge in [0.2, 0.25) is 5.41 Å². The molecule has 2 aliphatic rings. The lowest BCUT2D eigenvalue weighted by molar-refractivity contribution is -0.222. The zero-order chi connectivity index (χ0) is 18.5. The number of benzene rings is 1. The molecule has 0 amide bonds. The van der Waals surface area contributed by atoms with Crippen molar-refractivity contribution in [2.45, 2.75) is 32.1 Å². The van der Waals surface area contributed by atoms with Gasteiger partial charge in [0.05, 0.1) is 23.4 Å². The van der Waals surface area contributed by atoms with Crippen LogP contribution in [0.2, 0.25) is 0 Å². The first-order valence-electron chi connectivity index (χ1n) is 7.58. The van der Waals surface area contributed by atoms with Crippen molar-refractivity contribution in [3.8, 4) is 12.1 Å². The number of nitrogens with zero attached hydrogens (tertiary/aromatic N) is 2. The van der Waals surface area contributed by atoms with Crippen molar-refractivity contribution in [2.24, 2.45) is 5.41 Å². The predicted octanol–water partition coefficient (Wildman–Crippen LogP) is 1.63. The molecule has 3 rings (SSSR count). The van der Waals surface area contributed by atoms with E-state index in [1.807, 2.05) is 18.2 Å². The Hall–Kier alpha value is -3.32. The van der Waals surface area contributed by atoms with Crippen LogP contribution < -0.4 is 5.32 Å². The molecule has 3 atom stereocenters. The third-order valence-electron chi connectivity index (χ3n) is 4.81. The number of hydrogen-bond donors (Lipinski definition) is 1. The average molecular weight is 337 g/mol. The summed E-state index contributed by atoms with van der Waals surface area (Å²) in [7, 11) is 0. The van der Waals surface area contributed by atoms with Crippen LogP contribution in [0, 0.1) is 28.1 Å².